The fraction of sp³-hybridized carbons (Fsp3) is 0.176. The molecule has 0 atom stereocenters. The minimum atomic E-state index is -0.359. The van der Waals surface area contributed by atoms with Crippen LogP contribution in [0.3, 0.4) is 0 Å². The van der Waals surface area contributed by atoms with Crippen molar-refractivity contribution in [2.45, 2.75) is 13.3 Å². The summed E-state index contributed by atoms with van der Waals surface area (Å²) >= 11 is 11.8. The van der Waals surface area contributed by atoms with E-state index in [1.54, 1.807) is 49.4 Å². The van der Waals surface area contributed by atoms with Crippen molar-refractivity contribution in [3.05, 3.63) is 52.5 Å². The van der Waals surface area contributed by atoms with Crippen molar-refractivity contribution in [1.82, 2.24) is 0 Å². The third kappa shape index (κ3) is 5.44. The van der Waals surface area contributed by atoms with Crippen molar-refractivity contribution in [3.63, 3.8) is 0 Å². The molecule has 2 aromatic carbocycles. The minimum Gasteiger partial charge on any atom is -0.484 e. The van der Waals surface area contributed by atoms with Crippen LogP contribution in [0.15, 0.2) is 42.5 Å². The number of halogens is 2. The van der Waals surface area contributed by atoms with E-state index in [9.17, 15) is 9.59 Å². The van der Waals surface area contributed by atoms with Gasteiger partial charge in [-0.15, -0.1) is 0 Å². The predicted molar refractivity (Wildman–Crippen MR) is 95.9 cm³/mol. The largest absolute Gasteiger partial charge is 0.484 e. The molecule has 0 bridgehead atoms. The van der Waals surface area contributed by atoms with Crippen LogP contribution in [-0.4, -0.2) is 18.4 Å². The summed E-state index contributed by atoms with van der Waals surface area (Å²) < 4.78 is 5.43. The van der Waals surface area contributed by atoms with Crippen LogP contribution in [0.5, 0.6) is 5.75 Å². The molecule has 0 aliphatic heterocycles. The number of benzene rings is 2. The van der Waals surface area contributed by atoms with Crippen LogP contribution in [0.25, 0.3) is 0 Å². The molecule has 0 heterocycles. The number of carbonyl (C=O) groups is 2. The molecule has 126 valence electrons. The minimum absolute atomic E-state index is 0.0951. The number of anilines is 2. The van der Waals surface area contributed by atoms with Crippen LogP contribution in [0.2, 0.25) is 10.0 Å². The maximum Gasteiger partial charge on any atom is 0.262 e. The van der Waals surface area contributed by atoms with Crippen LogP contribution in [0, 0.1) is 0 Å². The number of carbonyl (C=O) groups excluding carboxylic acids is 2. The Morgan fingerprint density at radius 2 is 1.83 bits per heavy atom. The molecule has 2 amide bonds. The van der Waals surface area contributed by atoms with Crippen LogP contribution in [0.1, 0.15) is 13.3 Å². The van der Waals surface area contributed by atoms with E-state index in [4.69, 9.17) is 27.9 Å². The molecular formula is C17H16Cl2N2O3. The van der Waals surface area contributed by atoms with Gasteiger partial charge in [-0.1, -0.05) is 36.2 Å². The first-order valence-corrected chi connectivity index (χ1v) is 8.01. The van der Waals surface area contributed by atoms with Gasteiger partial charge in [-0.2, -0.15) is 0 Å². The molecule has 0 aliphatic carbocycles. The Morgan fingerprint density at radius 1 is 1.04 bits per heavy atom. The Bertz CT molecular complexity index is 750. The lowest BCUT2D eigenvalue weighted by Gasteiger charge is -2.10. The van der Waals surface area contributed by atoms with E-state index in [0.29, 0.717) is 33.6 Å². The van der Waals surface area contributed by atoms with Crippen molar-refractivity contribution in [3.8, 4) is 5.75 Å². The monoisotopic (exact) mass is 366 g/mol. The first kappa shape index (κ1) is 18.1. The van der Waals surface area contributed by atoms with Gasteiger partial charge in [-0.05, 0) is 30.3 Å². The molecule has 24 heavy (non-hydrogen) atoms. The molecule has 0 saturated heterocycles. The smallest absolute Gasteiger partial charge is 0.262 e. The van der Waals surface area contributed by atoms with Gasteiger partial charge in [-0.3, -0.25) is 9.59 Å². The van der Waals surface area contributed by atoms with E-state index < -0.39 is 0 Å². The average molecular weight is 367 g/mol. The third-order valence-corrected chi connectivity index (χ3v) is 3.56. The van der Waals surface area contributed by atoms with Crippen LogP contribution in [-0.2, 0) is 9.59 Å². The van der Waals surface area contributed by atoms with Gasteiger partial charge in [0.25, 0.3) is 5.91 Å². The van der Waals surface area contributed by atoms with Gasteiger partial charge in [0.15, 0.2) is 6.61 Å². The van der Waals surface area contributed by atoms with E-state index in [0.717, 1.165) is 0 Å². The number of ether oxygens (including phenoxy) is 1. The Kier molecular flexibility index (Phi) is 6.46. The first-order valence-electron chi connectivity index (χ1n) is 7.25. The highest BCUT2D eigenvalue weighted by Crippen LogP contribution is 2.25. The highest BCUT2D eigenvalue weighted by Gasteiger charge is 2.08. The normalized spacial score (nSPS) is 10.1. The molecule has 7 heteroatoms. The van der Waals surface area contributed by atoms with Gasteiger partial charge in [0, 0.05) is 23.2 Å². The summed E-state index contributed by atoms with van der Waals surface area (Å²) in [7, 11) is 0. The average Bonchev–Trinajstić information content (AvgIpc) is 2.56. The quantitative estimate of drug-likeness (QED) is 0.797. The number of rotatable bonds is 6. The summed E-state index contributed by atoms with van der Waals surface area (Å²) in [6.07, 6.45) is 0.384. The zero-order valence-electron chi connectivity index (χ0n) is 12.9. The summed E-state index contributed by atoms with van der Waals surface area (Å²) in [5, 5.41) is 6.20. The molecule has 0 saturated carbocycles. The Labute approximate surface area is 149 Å². The number of hydrogen-bond acceptors (Lipinski definition) is 3. The molecule has 2 aromatic rings. The van der Waals surface area contributed by atoms with E-state index >= 15 is 0 Å². The lowest BCUT2D eigenvalue weighted by Crippen LogP contribution is -2.20. The van der Waals surface area contributed by atoms with Crippen molar-refractivity contribution in [2.24, 2.45) is 0 Å². The lowest BCUT2D eigenvalue weighted by atomic mass is 10.3. The van der Waals surface area contributed by atoms with Gasteiger partial charge in [0.05, 0.1) is 10.7 Å². The SMILES string of the molecule is CCC(=O)Nc1cccc(OCC(=O)Nc2ccc(Cl)cc2Cl)c1. The number of nitrogens with one attached hydrogen (secondary N) is 2. The van der Waals surface area contributed by atoms with Gasteiger partial charge in [-0.25, -0.2) is 0 Å². The maximum atomic E-state index is 11.9. The topological polar surface area (TPSA) is 67.4 Å². The number of amides is 2. The molecule has 0 spiro atoms. The fourth-order valence-corrected chi connectivity index (χ4v) is 2.29. The van der Waals surface area contributed by atoms with E-state index in [1.165, 1.54) is 0 Å². The van der Waals surface area contributed by atoms with E-state index in [2.05, 4.69) is 10.6 Å². The standard InChI is InChI=1S/C17H16Cl2N2O3/c1-2-16(22)20-12-4-3-5-13(9-12)24-10-17(23)21-15-7-6-11(18)8-14(15)19/h3-9H,2,10H2,1H3,(H,20,22)(H,21,23). The molecule has 0 fully saturated rings. The fourth-order valence-electron chi connectivity index (χ4n) is 1.84. The van der Waals surface area contributed by atoms with E-state index in [-0.39, 0.29) is 18.4 Å². The second kappa shape index (κ2) is 8.57. The van der Waals surface area contributed by atoms with Crippen LogP contribution < -0.4 is 15.4 Å². The molecule has 0 unspecified atom stereocenters. The van der Waals surface area contributed by atoms with Crippen LogP contribution >= 0.6 is 23.2 Å². The third-order valence-electron chi connectivity index (χ3n) is 3.01. The molecule has 0 aliphatic rings. The Balaban J connectivity index is 1.91. The molecule has 0 aromatic heterocycles. The zero-order valence-corrected chi connectivity index (χ0v) is 14.4. The molecule has 0 radical (unpaired) electrons. The predicted octanol–water partition coefficient (Wildman–Crippen LogP) is 4.36. The van der Waals surface area contributed by atoms with Crippen LogP contribution in [0.4, 0.5) is 11.4 Å². The zero-order chi connectivity index (χ0) is 17.5. The van der Waals surface area contributed by atoms with Crippen molar-refractivity contribution in [1.29, 1.82) is 0 Å². The van der Waals surface area contributed by atoms with Gasteiger partial charge < -0.3 is 15.4 Å². The van der Waals surface area contributed by atoms with Crippen molar-refractivity contribution < 1.29 is 14.3 Å². The molecule has 5 nitrogen and oxygen atoms in total. The summed E-state index contributed by atoms with van der Waals surface area (Å²) in [5.74, 6) is 0.0192. The summed E-state index contributed by atoms with van der Waals surface area (Å²) in [6, 6.07) is 11.6. The van der Waals surface area contributed by atoms with E-state index in [1.807, 2.05) is 0 Å². The van der Waals surface area contributed by atoms with Gasteiger partial charge >= 0.3 is 0 Å². The summed E-state index contributed by atoms with van der Waals surface area (Å²) in [5.41, 5.74) is 1.07. The Morgan fingerprint density at radius 3 is 2.54 bits per heavy atom. The molecular weight excluding hydrogens is 351 g/mol. The Hall–Kier alpha value is -2.24. The summed E-state index contributed by atoms with van der Waals surface area (Å²) in [4.78, 5) is 23.3. The highest BCUT2D eigenvalue weighted by molar-refractivity contribution is 6.36. The van der Waals surface area contributed by atoms with Gasteiger partial charge in [0.1, 0.15) is 5.75 Å². The molecule has 2 N–H and O–H groups in total. The number of hydrogen-bond donors (Lipinski definition) is 2. The van der Waals surface area contributed by atoms with Crippen molar-refractivity contribution in [2.75, 3.05) is 17.2 Å². The van der Waals surface area contributed by atoms with Gasteiger partial charge in [0.2, 0.25) is 5.91 Å². The first-order chi connectivity index (χ1) is 11.5. The summed E-state index contributed by atoms with van der Waals surface area (Å²) in [6.45, 7) is 1.58. The second-order valence-electron chi connectivity index (χ2n) is 4.89. The van der Waals surface area contributed by atoms with Crippen molar-refractivity contribution >= 4 is 46.4 Å². The lowest BCUT2D eigenvalue weighted by molar-refractivity contribution is -0.118. The maximum absolute atomic E-state index is 11.9. The molecule has 2 rings (SSSR count). The second-order valence-corrected chi connectivity index (χ2v) is 5.73. The highest BCUT2D eigenvalue weighted by atomic mass is 35.5.